The number of hydrogen-bond acceptors (Lipinski definition) is 4. The van der Waals surface area contributed by atoms with Crippen LogP contribution in [0.5, 0.6) is 5.88 Å². The van der Waals surface area contributed by atoms with Gasteiger partial charge >= 0.3 is 0 Å². The minimum absolute atomic E-state index is 0.114. The van der Waals surface area contributed by atoms with E-state index in [1.54, 1.807) is 0 Å². The number of nitrogens with zero attached hydrogens (tertiary/aromatic N) is 1. The normalized spacial score (nSPS) is 12.0. The highest BCUT2D eigenvalue weighted by Gasteiger charge is 2.06. The van der Waals surface area contributed by atoms with Crippen LogP contribution in [0.1, 0.15) is 18.0 Å². The van der Waals surface area contributed by atoms with Gasteiger partial charge in [0.1, 0.15) is 0 Å². The maximum absolute atomic E-state index is 10.9. The number of aromatic nitrogens is 1. The molecule has 5 heteroatoms. The van der Waals surface area contributed by atoms with Crippen molar-refractivity contribution in [1.82, 2.24) is 4.98 Å². The topological polar surface area (TPSA) is 103 Å². The Bertz CT molecular complexity index is 391. The Morgan fingerprint density at radius 3 is 2.92 bits per heavy atom. The first kappa shape index (κ1) is 9.29. The van der Waals surface area contributed by atoms with Crippen LogP contribution in [0.2, 0.25) is 0 Å². The van der Waals surface area contributed by atoms with Gasteiger partial charge in [0.05, 0.1) is 12.5 Å². The smallest absolute Gasteiger partial charge is 0.251 e. The third kappa shape index (κ3) is 2.32. The molecule has 1 rings (SSSR count). The molecule has 0 fully saturated rings. The maximum Gasteiger partial charge on any atom is 0.251 e. The molecule has 0 aliphatic heterocycles. The van der Waals surface area contributed by atoms with E-state index in [1.807, 2.05) is 6.07 Å². The number of hydrogen-bond donors (Lipinski definition) is 3. The summed E-state index contributed by atoms with van der Waals surface area (Å²) in [5.41, 5.74) is 5.59. The van der Waals surface area contributed by atoms with Crippen molar-refractivity contribution in [2.45, 2.75) is 12.5 Å². The van der Waals surface area contributed by atoms with Crippen molar-refractivity contribution < 1.29 is 5.11 Å². The van der Waals surface area contributed by atoms with Gasteiger partial charge in [0.25, 0.3) is 5.56 Å². The van der Waals surface area contributed by atoms with E-state index < -0.39 is 11.6 Å². The summed E-state index contributed by atoms with van der Waals surface area (Å²) >= 11 is 0. The van der Waals surface area contributed by atoms with Crippen molar-refractivity contribution >= 4 is 0 Å². The molecular weight excluding hydrogens is 170 g/mol. The molecule has 4 N–H and O–H groups in total. The van der Waals surface area contributed by atoms with E-state index in [9.17, 15) is 4.79 Å². The molecule has 1 atom stereocenters. The fraction of sp³-hybridized carbons (Fsp3) is 0.250. The molecule has 1 aromatic rings. The van der Waals surface area contributed by atoms with Gasteiger partial charge in [-0.05, 0) is 5.56 Å². The van der Waals surface area contributed by atoms with E-state index in [1.165, 1.54) is 12.1 Å². The Morgan fingerprint density at radius 2 is 2.38 bits per heavy atom. The average molecular weight is 179 g/mol. The summed E-state index contributed by atoms with van der Waals surface area (Å²) < 4.78 is 0. The minimum Gasteiger partial charge on any atom is -0.495 e. The number of nitrogens with one attached hydrogen (secondary N) is 1. The second kappa shape index (κ2) is 3.74. The van der Waals surface area contributed by atoms with Crippen LogP contribution >= 0.6 is 0 Å². The van der Waals surface area contributed by atoms with E-state index >= 15 is 0 Å². The Kier molecular flexibility index (Phi) is 2.67. The second-order valence-electron chi connectivity index (χ2n) is 2.63. The lowest BCUT2D eigenvalue weighted by Crippen LogP contribution is -2.13. The first-order valence-corrected chi connectivity index (χ1v) is 3.69. The third-order valence-corrected chi connectivity index (χ3v) is 1.59. The zero-order chi connectivity index (χ0) is 9.84. The van der Waals surface area contributed by atoms with E-state index in [-0.39, 0.29) is 12.3 Å². The first-order chi connectivity index (χ1) is 6.13. The van der Waals surface area contributed by atoms with Crippen molar-refractivity contribution in [3.8, 4) is 11.9 Å². The summed E-state index contributed by atoms with van der Waals surface area (Å²) in [6.45, 7) is 0. The van der Waals surface area contributed by atoms with Crippen LogP contribution in [0, 0.1) is 11.3 Å². The van der Waals surface area contributed by atoms with Crippen molar-refractivity contribution in [2.24, 2.45) is 5.73 Å². The lowest BCUT2D eigenvalue weighted by molar-refractivity contribution is 0.450. The Morgan fingerprint density at radius 1 is 1.69 bits per heavy atom. The second-order valence-corrected chi connectivity index (χ2v) is 2.63. The Labute approximate surface area is 74.4 Å². The Hall–Kier alpha value is -1.80. The van der Waals surface area contributed by atoms with Crippen LogP contribution in [0.4, 0.5) is 0 Å². The van der Waals surface area contributed by atoms with E-state index in [2.05, 4.69) is 4.98 Å². The van der Waals surface area contributed by atoms with Crippen molar-refractivity contribution in [1.29, 1.82) is 5.26 Å². The van der Waals surface area contributed by atoms with Gasteiger partial charge in [-0.1, -0.05) is 0 Å². The summed E-state index contributed by atoms with van der Waals surface area (Å²) in [6, 6.07) is 3.96. The van der Waals surface area contributed by atoms with E-state index in [0.29, 0.717) is 5.56 Å². The number of aromatic hydroxyl groups is 1. The number of nitriles is 1. The summed E-state index contributed by atoms with van der Waals surface area (Å²) in [6.07, 6.45) is 0.114. The monoisotopic (exact) mass is 179 g/mol. The molecule has 0 saturated carbocycles. The van der Waals surface area contributed by atoms with Crippen molar-refractivity contribution in [2.75, 3.05) is 0 Å². The third-order valence-electron chi connectivity index (χ3n) is 1.59. The van der Waals surface area contributed by atoms with Gasteiger partial charge in [0.15, 0.2) is 5.88 Å². The van der Waals surface area contributed by atoms with Crippen LogP contribution < -0.4 is 11.3 Å². The predicted octanol–water partition coefficient (Wildman–Crippen LogP) is -0.00602. The van der Waals surface area contributed by atoms with Gasteiger partial charge in [0.2, 0.25) is 0 Å². The number of nitrogens with two attached hydrogens (primary N) is 1. The maximum atomic E-state index is 10.9. The largest absolute Gasteiger partial charge is 0.495 e. The quantitative estimate of drug-likeness (QED) is 0.594. The Balaban J connectivity index is 3.02. The molecule has 0 aromatic carbocycles. The molecule has 68 valence electrons. The van der Waals surface area contributed by atoms with Crippen LogP contribution in [-0.2, 0) is 0 Å². The molecule has 0 saturated heterocycles. The van der Waals surface area contributed by atoms with Gasteiger partial charge in [0, 0.05) is 18.2 Å². The van der Waals surface area contributed by atoms with Crippen LogP contribution in [-0.4, -0.2) is 10.1 Å². The van der Waals surface area contributed by atoms with Gasteiger partial charge in [-0.15, -0.1) is 0 Å². The number of H-pyrrole nitrogens is 1. The highest BCUT2D eigenvalue weighted by molar-refractivity contribution is 5.23. The zero-order valence-electron chi connectivity index (χ0n) is 6.82. The van der Waals surface area contributed by atoms with E-state index in [0.717, 1.165) is 0 Å². The standard InChI is InChI=1S/C8H9N3O2/c9-2-1-6(10)5-3-7(12)11-8(13)4-5/h3-4,6H,1,10H2,(H2,11,12,13)/t6-/m0/s1. The van der Waals surface area contributed by atoms with Gasteiger partial charge < -0.3 is 10.8 Å². The number of aromatic amines is 1. The molecule has 0 bridgehead atoms. The molecule has 0 unspecified atom stereocenters. The molecular formula is C8H9N3O2. The fourth-order valence-electron chi connectivity index (χ4n) is 0.980. The summed E-state index contributed by atoms with van der Waals surface area (Å²) in [5, 5.41) is 17.4. The minimum atomic E-state index is -0.529. The number of pyridine rings is 1. The summed E-state index contributed by atoms with van der Waals surface area (Å²) in [5.74, 6) is -0.240. The van der Waals surface area contributed by atoms with Gasteiger partial charge in [-0.25, -0.2) is 0 Å². The van der Waals surface area contributed by atoms with Crippen LogP contribution in [0.25, 0.3) is 0 Å². The van der Waals surface area contributed by atoms with Crippen LogP contribution in [0.15, 0.2) is 16.9 Å². The number of rotatable bonds is 2. The van der Waals surface area contributed by atoms with Crippen LogP contribution in [0.3, 0.4) is 0 Å². The van der Waals surface area contributed by atoms with Gasteiger partial charge in [-0.2, -0.15) is 5.26 Å². The summed E-state index contributed by atoms with van der Waals surface area (Å²) in [4.78, 5) is 13.0. The predicted molar refractivity (Wildman–Crippen MR) is 45.9 cm³/mol. The molecule has 13 heavy (non-hydrogen) atoms. The zero-order valence-corrected chi connectivity index (χ0v) is 6.82. The lowest BCUT2D eigenvalue weighted by Gasteiger charge is -2.06. The molecule has 0 amide bonds. The molecule has 0 aliphatic carbocycles. The highest BCUT2D eigenvalue weighted by atomic mass is 16.3. The summed E-state index contributed by atoms with van der Waals surface area (Å²) in [7, 11) is 0. The SMILES string of the molecule is N#CC[C@H](N)c1cc(O)[nH]c(=O)c1. The van der Waals surface area contributed by atoms with Crippen molar-refractivity contribution in [3.05, 3.63) is 28.0 Å². The fourth-order valence-corrected chi connectivity index (χ4v) is 0.980. The molecule has 1 heterocycles. The van der Waals surface area contributed by atoms with Crippen molar-refractivity contribution in [3.63, 3.8) is 0 Å². The highest BCUT2D eigenvalue weighted by Crippen LogP contribution is 2.14. The molecule has 0 spiro atoms. The van der Waals surface area contributed by atoms with E-state index in [4.69, 9.17) is 16.1 Å². The molecule has 1 aromatic heterocycles. The molecule has 0 radical (unpaired) electrons. The molecule has 5 nitrogen and oxygen atoms in total. The molecule has 0 aliphatic rings. The average Bonchev–Trinajstić information content (AvgIpc) is 2.03. The van der Waals surface area contributed by atoms with Gasteiger partial charge in [-0.3, -0.25) is 9.78 Å². The lowest BCUT2D eigenvalue weighted by atomic mass is 10.1. The first-order valence-electron chi connectivity index (χ1n) is 3.69.